The summed E-state index contributed by atoms with van der Waals surface area (Å²) in [7, 11) is 0. The van der Waals surface area contributed by atoms with Gasteiger partial charge in [-0.15, -0.1) is 0 Å². The lowest BCUT2D eigenvalue weighted by atomic mass is 10.0. The number of piperidine rings is 1. The number of halogens is 4. The number of nitrogens with one attached hydrogen (secondary N) is 3. The third-order valence-electron chi connectivity index (χ3n) is 11.0. The molecule has 1 unspecified atom stereocenters. The molecule has 0 aromatic heterocycles. The number of nitrogens with zero attached hydrogens (tertiary/aromatic N) is 5. The minimum absolute atomic E-state index is 0.0104. The van der Waals surface area contributed by atoms with Crippen LogP contribution in [0.5, 0.6) is 5.75 Å². The Balaban J connectivity index is 1.04. The number of alkyl halides is 3. The number of hydrogen-bond donors (Lipinski definition) is 3. The molecule has 18 heteroatoms. The molecule has 3 aliphatic rings. The van der Waals surface area contributed by atoms with Crippen LogP contribution in [0.25, 0.3) is 0 Å². The fourth-order valence-corrected chi connectivity index (χ4v) is 8.58. The third-order valence-corrected chi connectivity index (χ3v) is 11.6. The number of piperazine rings is 1. The Morgan fingerprint density at radius 3 is 2.38 bits per heavy atom. The Morgan fingerprint density at radius 1 is 1.02 bits per heavy atom. The number of carbonyl (C=O) groups excluding carboxylic acids is 4. The summed E-state index contributed by atoms with van der Waals surface area (Å²) in [4.78, 5) is 57.8. The number of aryl methyl sites for hydroxylation is 1. The van der Waals surface area contributed by atoms with Gasteiger partial charge in [0.25, 0.3) is 5.91 Å². The van der Waals surface area contributed by atoms with E-state index in [1.165, 1.54) is 6.07 Å². The molecule has 3 aromatic rings. The highest BCUT2D eigenvalue weighted by Crippen LogP contribution is 2.40. The van der Waals surface area contributed by atoms with Gasteiger partial charge in [-0.3, -0.25) is 39.2 Å². The standard InChI is InChI=1S/C42H46ClF3N8O5S/c1-6-26-15-32(54-40(60)53(39(58)41(54,4)5)31-8-7-27(20-47)33(19-31)42(44,45)46)9-11-35(26)59-14-13-51-21-25(3)52(22-24(51)2)23-37(56)49-30-17-28(43)16-29(18-30)48-34-10-12-36(55)50-38(34)57/h7-9,11,15-19,24-25,34,48H,6,10,12-14,21-23H2,1-5H3,(H,49,56)(H,50,55,57)/t24-,25-,34?/m0/s1. The highest BCUT2D eigenvalue weighted by Gasteiger charge is 2.51. The number of nitriles is 1. The summed E-state index contributed by atoms with van der Waals surface area (Å²) in [5.74, 6) is -0.788. The van der Waals surface area contributed by atoms with Crippen molar-refractivity contribution in [2.24, 2.45) is 0 Å². The summed E-state index contributed by atoms with van der Waals surface area (Å²) in [5, 5.41) is 18.0. The molecule has 3 N–H and O–H groups in total. The Kier molecular flexibility index (Phi) is 13.1. The maximum atomic E-state index is 13.8. The van der Waals surface area contributed by atoms with E-state index in [0.717, 1.165) is 22.6 Å². The number of carbonyl (C=O) groups is 4. The zero-order valence-corrected chi connectivity index (χ0v) is 35.4. The molecule has 0 radical (unpaired) electrons. The van der Waals surface area contributed by atoms with E-state index in [1.54, 1.807) is 55.1 Å². The van der Waals surface area contributed by atoms with Crippen LogP contribution in [0.3, 0.4) is 0 Å². The van der Waals surface area contributed by atoms with Gasteiger partial charge >= 0.3 is 6.18 Å². The second-order valence-electron chi connectivity index (χ2n) is 15.7. The average molecular weight is 867 g/mol. The van der Waals surface area contributed by atoms with Crippen molar-refractivity contribution in [2.75, 3.05) is 53.2 Å². The van der Waals surface area contributed by atoms with Crippen molar-refractivity contribution in [3.05, 3.63) is 76.3 Å². The van der Waals surface area contributed by atoms with Gasteiger partial charge in [0.2, 0.25) is 17.7 Å². The van der Waals surface area contributed by atoms with Gasteiger partial charge in [0, 0.05) is 60.2 Å². The molecular formula is C42H46ClF3N8O5S. The van der Waals surface area contributed by atoms with Crippen LogP contribution < -0.4 is 30.5 Å². The van der Waals surface area contributed by atoms with Crippen molar-refractivity contribution in [1.29, 1.82) is 5.26 Å². The highest BCUT2D eigenvalue weighted by molar-refractivity contribution is 7.81. The fourth-order valence-electron chi connectivity index (χ4n) is 7.82. The van der Waals surface area contributed by atoms with Gasteiger partial charge in [-0.25, -0.2) is 0 Å². The lowest BCUT2D eigenvalue weighted by Gasteiger charge is -2.43. The zero-order valence-electron chi connectivity index (χ0n) is 33.8. The number of ether oxygens (including phenoxy) is 1. The van der Waals surface area contributed by atoms with E-state index in [0.29, 0.717) is 66.9 Å². The van der Waals surface area contributed by atoms with Gasteiger partial charge in [-0.1, -0.05) is 18.5 Å². The number of rotatable bonds is 12. The van der Waals surface area contributed by atoms with Gasteiger partial charge < -0.3 is 20.3 Å². The summed E-state index contributed by atoms with van der Waals surface area (Å²) in [6.45, 7) is 11.9. The van der Waals surface area contributed by atoms with Gasteiger partial charge in [-0.2, -0.15) is 18.4 Å². The summed E-state index contributed by atoms with van der Waals surface area (Å²) in [6, 6.07) is 14.7. The first-order valence-corrected chi connectivity index (χ1v) is 20.3. The number of amides is 4. The number of anilines is 4. The Labute approximate surface area is 356 Å². The maximum absolute atomic E-state index is 13.8. The second-order valence-corrected chi connectivity index (χ2v) is 16.5. The molecule has 3 atom stereocenters. The molecule has 3 heterocycles. The first kappa shape index (κ1) is 44.3. The van der Waals surface area contributed by atoms with Crippen LogP contribution in [0.4, 0.5) is 35.9 Å². The van der Waals surface area contributed by atoms with Gasteiger partial charge in [0.05, 0.1) is 29.4 Å². The minimum atomic E-state index is -4.80. The van der Waals surface area contributed by atoms with Crippen LogP contribution >= 0.6 is 23.8 Å². The summed E-state index contributed by atoms with van der Waals surface area (Å²) in [5.41, 5.74) is -0.554. The molecule has 3 aromatic carbocycles. The van der Waals surface area contributed by atoms with Crippen LogP contribution in [0, 0.1) is 11.3 Å². The Hall–Kier alpha value is -5.28. The predicted octanol–water partition coefficient (Wildman–Crippen LogP) is 6.34. The summed E-state index contributed by atoms with van der Waals surface area (Å²) >= 11 is 12.1. The molecule has 0 saturated carbocycles. The number of imide groups is 1. The van der Waals surface area contributed by atoms with Crippen LogP contribution in [-0.4, -0.2) is 95.0 Å². The molecule has 0 aliphatic carbocycles. The number of hydrogen-bond acceptors (Lipinski definition) is 10. The van der Waals surface area contributed by atoms with Crippen LogP contribution in [-0.2, 0) is 31.8 Å². The van der Waals surface area contributed by atoms with E-state index in [-0.39, 0.29) is 47.7 Å². The lowest BCUT2D eigenvalue weighted by molar-refractivity contribution is -0.138. The predicted molar refractivity (Wildman–Crippen MR) is 226 cm³/mol. The van der Waals surface area contributed by atoms with E-state index in [9.17, 15) is 37.6 Å². The van der Waals surface area contributed by atoms with Gasteiger partial charge in [0.15, 0.2) is 5.11 Å². The highest BCUT2D eigenvalue weighted by atomic mass is 35.5. The Morgan fingerprint density at radius 2 is 1.70 bits per heavy atom. The molecule has 0 bridgehead atoms. The van der Waals surface area contributed by atoms with Crippen molar-refractivity contribution >= 4 is 75.3 Å². The first-order valence-electron chi connectivity index (χ1n) is 19.5. The van der Waals surface area contributed by atoms with Crippen LogP contribution in [0.15, 0.2) is 54.6 Å². The lowest BCUT2D eigenvalue weighted by Crippen LogP contribution is -2.58. The average Bonchev–Trinajstić information content (AvgIpc) is 3.35. The molecule has 318 valence electrons. The van der Waals surface area contributed by atoms with Crippen molar-refractivity contribution in [3.8, 4) is 11.8 Å². The molecule has 3 fully saturated rings. The quantitative estimate of drug-likeness (QED) is 0.138. The zero-order chi connectivity index (χ0) is 43.7. The van der Waals surface area contributed by atoms with E-state index >= 15 is 0 Å². The summed E-state index contributed by atoms with van der Waals surface area (Å²) < 4.78 is 47.7. The second kappa shape index (κ2) is 17.7. The molecule has 13 nitrogen and oxygen atoms in total. The largest absolute Gasteiger partial charge is 0.492 e. The minimum Gasteiger partial charge on any atom is -0.492 e. The Bertz CT molecular complexity index is 2250. The normalized spacial score (nSPS) is 21.2. The van der Waals surface area contributed by atoms with E-state index in [2.05, 4.69) is 39.6 Å². The number of thiocarbonyl (C=S) groups is 1. The topological polar surface area (TPSA) is 150 Å². The molecule has 3 aliphatic heterocycles. The molecule has 6 rings (SSSR count). The summed E-state index contributed by atoms with van der Waals surface area (Å²) in [6.07, 6.45) is -3.63. The maximum Gasteiger partial charge on any atom is 0.417 e. The molecular weight excluding hydrogens is 821 g/mol. The molecule has 4 amide bonds. The monoisotopic (exact) mass is 866 g/mol. The van der Waals surface area contributed by atoms with Crippen molar-refractivity contribution in [3.63, 3.8) is 0 Å². The van der Waals surface area contributed by atoms with Gasteiger partial charge in [-0.05, 0) is 113 Å². The van der Waals surface area contributed by atoms with E-state index in [1.807, 2.05) is 13.0 Å². The molecule has 3 saturated heterocycles. The third kappa shape index (κ3) is 9.52. The van der Waals surface area contributed by atoms with Crippen molar-refractivity contribution in [1.82, 2.24) is 15.1 Å². The smallest absolute Gasteiger partial charge is 0.417 e. The van der Waals surface area contributed by atoms with Crippen molar-refractivity contribution in [2.45, 2.75) is 83.7 Å². The SMILES string of the molecule is CCc1cc(N2C(=S)N(c3ccc(C#N)c(C(F)(F)F)c3)C(=O)C2(C)C)ccc1OCCN1C[C@H](C)N(CC(=O)Nc2cc(Cl)cc(NC3CCC(=O)NC3=O)c2)C[C@@H]1C. The van der Waals surface area contributed by atoms with E-state index < -0.39 is 40.7 Å². The van der Waals surface area contributed by atoms with Crippen LogP contribution in [0.2, 0.25) is 5.02 Å². The fraction of sp³-hybridized carbons (Fsp3) is 0.429. The van der Waals surface area contributed by atoms with Gasteiger partial charge in [0.1, 0.15) is 23.9 Å². The first-order chi connectivity index (χ1) is 28.3. The van der Waals surface area contributed by atoms with E-state index in [4.69, 9.17) is 28.6 Å². The van der Waals surface area contributed by atoms with Crippen LogP contribution in [0.1, 0.15) is 64.2 Å². The number of benzene rings is 3. The van der Waals surface area contributed by atoms with Crippen molar-refractivity contribution < 1.29 is 37.1 Å². The molecule has 0 spiro atoms. The molecule has 60 heavy (non-hydrogen) atoms.